The van der Waals surface area contributed by atoms with Crippen LogP contribution in [0.2, 0.25) is 0 Å². The van der Waals surface area contributed by atoms with Gasteiger partial charge >= 0.3 is 7.60 Å². The molecule has 1 aromatic rings. The van der Waals surface area contributed by atoms with Gasteiger partial charge in [0.1, 0.15) is 5.82 Å². The summed E-state index contributed by atoms with van der Waals surface area (Å²) in [4.78, 5) is 0. The molecular weight excluding hydrogens is 242 g/mol. The summed E-state index contributed by atoms with van der Waals surface area (Å²) >= 11 is 0. The van der Waals surface area contributed by atoms with E-state index in [4.69, 9.17) is 9.05 Å². The molecule has 0 aromatic heterocycles. The van der Waals surface area contributed by atoms with Gasteiger partial charge in [-0.25, -0.2) is 4.39 Å². The molecule has 0 aliphatic heterocycles. The van der Waals surface area contributed by atoms with Crippen molar-refractivity contribution in [2.45, 2.75) is 26.4 Å². The van der Waals surface area contributed by atoms with Gasteiger partial charge < -0.3 is 9.05 Å². The van der Waals surface area contributed by atoms with E-state index < -0.39 is 13.3 Å². The maximum absolute atomic E-state index is 12.8. The van der Waals surface area contributed by atoms with Crippen LogP contribution < -0.4 is 0 Å². The standard InChI is InChI=1S/C12H18FO3P/c1-4-15-17(14,16-5-2)10(3)11-6-8-12(13)9-7-11/h6-10H,4-5H2,1-3H3. The summed E-state index contributed by atoms with van der Waals surface area (Å²) in [6.07, 6.45) is 0. The summed E-state index contributed by atoms with van der Waals surface area (Å²) in [7, 11) is -3.17. The lowest BCUT2D eigenvalue weighted by Crippen LogP contribution is -2.03. The van der Waals surface area contributed by atoms with Crippen LogP contribution in [0.3, 0.4) is 0 Å². The van der Waals surface area contributed by atoms with Crippen LogP contribution in [0.25, 0.3) is 0 Å². The first-order chi connectivity index (χ1) is 8.03. The summed E-state index contributed by atoms with van der Waals surface area (Å²) in [6.45, 7) is 5.94. The van der Waals surface area contributed by atoms with E-state index in [1.807, 2.05) is 0 Å². The molecule has 1 atom stereocenters. The molecule has 0 aliphatic rings. The molecule has 1 unspecified atom stereocenters. The predicted octanol–water partition coefficient (Wildman–Crippen LogP) is 4.15. The topological polar surface area (TPSA) is 35.5 Å². The normalized spacial score (nSPS) is 13.6. The Labute approximate surface area is 101 Å². The van der Waals surface area contributed by atoms with Crippen molar-refractivity contribution in [2.24, 2.45) is 0 Å². The average Bonchev–Trinajstić information content (AvgIpc) is 2.30. The quantitative estimate of drug-likeness (QED) is 0.721. The van der Waals surface area contributed by atoms with Crippen LogP contribution in [-0.2, 0) is 13.6 Å². The molecule has 3 nitrogen and oxygen atoms in total. The van der Waals surface area contributed by atoms with Gasteiger partial charge in [0.15, 0.2) is 0 Å². The number of rotatable bonds is 6. The first kappa shape index (κ1) is 14.4. The van der Waals surface area contributed by atoms with Crippen molar-refractivity contribution >= 4 is 7.60 Å². The zero-order valence-corrected chi connectivity index (χ0v) is 11.2. The largest absolute Gasteiger partial charge is 0.337 e. The fourth-order valence-electron chi connectivity index (χ4n) is 1.54. The van der Waals surface area contributed by atoms with Gasteiger partial charge in [-0.05, 0) is 38.5 Å². The van der Waals surface area contributed by atoms with Gasteiger partial charge in [-0.2, -0.15) is 0 Å². The Kier molecular flexibility index (Phi) is 5.31. The van der Waals surface area contributed by atoms with Gasteiger partial charge in [0.2, 0.25) is 0 Å². The van der Waals surface area contributed by atoms with E-state index in [2.05, 4.69) is 0 Å². The van der Waals surface area contributed by atoms with Crippen LogP contribution >= 0.6 is 7.60 Å². The molecule has 0 amide bonds. The first-order valence-electron chi connectivity index (χ1n) is 5.67. The minimum absolute atomic E-state index is 0.316. The van der Waals surface area contributed by atoms with Crippen LogP contribution in [0.4, 0.5) is 4.39 Å². The molecule has 0 saturated heterocycles. The lowest BCUT2D eigenvalue weighted by molar-refractivity contribution is 0.213. The van der Waals surface area contributed by atoms with Crippen LogP contribution in [0.15, 0.2) is 24.3 Å². The highest BCUT2D eigenvalue weighted by atomic mass is 31.2. The molecule has 0 saturated carbocycles. The summed E-state index contributed by atoms with van der Waals surface area (Å²) in [5.74, 6) is -0.316. The second-order valence-corrected chi connectivity index (χ2v) is 5.97. The highest BCUT2D eigenvalue weighted by molar-refractivity contribution is 7.54. The second kappa shape index (κ2) is 6.29. The average molecular weight is 260 g/mol. The molecule has 0 heterocycles. The molecule has 1 aromatic carbocycles. The van der Waals surface area contributed by atoms with Crippen molar-refractivity contribution in [1.29, 1.82) is 0 Å². The number of hydrogen-bond donors (Lipinski definition) is 0. The number of halogens is 1. The maximum atomic E-state index is 12.8. The Bertz CT molecular complexity index is 381. The molecule has 0 radical (unpaired) electrons. The molecule has 96 valence electrons. The molecule has 0 fully saturated rings. The Morgan fingerprint density at radius 3 is 2.06 bits per heavy atom. The highest BCUT2D eigenvalue weighted by Crippen LogP contribution is 2.60. The summed E-state index contributed by atoms with van der Waals surface area (Å²) in [5, 5.41) is 0. The van der Waals surface area contributed by atoms with Crippen LogP contribution in [0, 0.1) is 5.82 Å². The van der Waals surface area contributed by atoms with Crippen molar-refractivity contribution in [1.82, 2.24) is 0 Å². The molecule has 0 N–H and O–H groups in total. The third-order valence-corrected chi connectivity index (χ3v) is 4.93. The van der Waals surface area contributed by atoms with Crippen LogP contribution in [0.1, 0.15) is 32.0 Å². The van der Waals surface area contributed by atoms with Crippen LogP contribution in [0.5, 0.6) is 0 Å². The number of benzene rings is 1. The smallest absolute Gasteiger partial charge is 0.308 e. The Morgan fingerprint density at radius 1 is 1.18 bits per heavy atom. The van der Waals surface area contributed by atoms with Gasteiger partial charge in [0, 0.05) is 0 Å². The number of hydrogen-bond acceptors (Lipinski definition) is 3. The van der Waals surface area contributed by atoms with Crippen molar-refractivity contribution in [3.63, 3.8) is 0 Å². The monoisotopic (exact) mass is 260 g/mol. The van der Waals surface area contributed by atoms with Gasteiger partial charge in [0.25, 0.3) is 0 Å². The van der Waals surface area contributed by atoms with Crippen molar-refractivity contribution in [2.75, 3.05) is 13.2 Å². The molecule has 1 rings (SSSR count). The molecule has 5 heteroatoms. The molecule has 17 heavy (non-hydrogen) atoms. The molecular formula is C12H18FO3P. The summed E-state index contributed by atoms with van der Waals surface area (Å²) < 4.78 is 35.8. The van der Waals surface area contributed by atoms with Crippen LogP contribution in [-0.4, -0.2) is 13.2 Å². The highest BCUT2D eigenvalue weighted by Gasteiger charge is 2.32. The summed E-state index contributed by atoms with van der Waals surface area (Å²) in [6, 6.07) is 5.89. The maximum Gasteiger partial charge on any atom is 0.337 e. The van der Waals surface area contributed by atoms with E-state index in [1.54, 1.807) is 32.9 Å². The third-order valence-electron chi connectivity index (χ3n) is 2.44. The molecule has 0 bridgehead atoms. The van der Waals surface area contributed by atoms with E-state index in [1.165, 1.54) is 12.1 Å². The van der Waals surface area contributed by atoms with E-state index in [0.29, 0.717) is 13.2 Å². The Hall–Kier alpha value is -0.700. The predicted molar refractivity (Wildman–Crippen MR) is 65.7 cm³/mol. The third kappa shape index (κ3) is 3.63. The van der Waals surface area contributed by atoms with Crippen molar-refractivity contribution in [3.8, 4) is 0 Å². The fourth-order valence-corrected chi connectivity index (χ4v) is 3.32. The molecule has 0 aliphatic carbocycles. The van der Waals surface area contributed by atoms with Gasteiger partial charge in [-0.15, -0.1) is 0 Å². The van der Waals surface area contributed by atoms with E-state index in [0.717, 1.165) is 5.56 Å². The van der Waals surface area contributed by atoms with E-state index in [9.17, 15) is 8.96 Å². The fraction of sp³-hybridized carbons (Fsp3) is 0.500. The Morgan fingerprint density at radius 2 is 1.65 bits per heavy atom. The van der Waals surface area contributed by atoms with Gasteiger partial charge in [0.05, 0.1) is 18.9 Å². The zero-order valence-electron chi connectivity index (χ0n) is 10.4. The minimum Gasteiger partial charge on any atom is -0.308 e. The van der Waals surface area contributed by atoms with E-state index >= 15 is 0 Å². The van der Waals surface area contributed by atoms with Crippen molar-refractivity contribution in [3.05, 3.63) is 35.6 Å². The lowest BCUT2D eigenvalue weighted by Gasteiger charge is -2.23. The van der Waals surface area contributed by atoms with Gasteiger partial charge in [-0.3, -0.25) is 4.57 Å². The van der Waals surface area contributed by atoms with Crippen molar-refractivity contribution < 1.29 is 18.0 Å². The minimum atomic E-state index is -3.17. The van der Waals surface area contributed by atoms with E-state index in [-0.39, 0.29) is 5.82 Å². The first-order valence-corrected chi connectivity index (χ1v) is 7.29. The summed E-state index contributed by atoms with van der Waals surface area (Å²) in [5.41, 5.74) is 0.347. The van der Waals surface area contributed by atoms with Gasteiger partial charge in [-0.1, -0.05) is 12.1 Å². The lowest BCUT2D eigenvalue weighted by atomic mass is 10.2. The zero-order chi connectivity index (χ0) is 12.9. The Balaban J connectivity index is 2.95. The SMILES string of the molecule is CCOP(=O)(OCC)C(C)c1ccc(F)cc1. The molecule has 0 spiro atoms. The second-order valence-electron chi connectivity index (χ2n) is 3.60.